The summed E-state index contributed by atoms with van der Waals surface area (Å²) in [6.45, 7) is 11.9. The van der Waals surface area contributed by atoms with Crippen LogP contribution in [0.5, 0.6) is 0 Å². The summed E-state index contributed by atoms with van der Waals surface area (Å²) in [4.78, 5) is 22.3. The van der Waals surface area contributed by atoms with Crippen molar-refractivity contribution in [3.63, 3.8) is 0 Å². The number of aromatic nitrogens is 1. The van der Waals surface area contributed by atoms with E-state index in [2.05, 4.69) is 43.4 Å². The molecule has 202 valence electrons. The fourth-order valence-electron chi connectivity index (χ4n) is 6.95. The van der Waals surface area contributed by atoms with E-state index >= 15 is 0 Å². The molecule has 5 rings (SSSR count). The summed E-state index contributed by atoms with van der Waals surface area (Å²) in [6.07, 6.45) is 2.44. The number of hydrogen-bond donors (Lipinski definition) is 3. The average molecular weight is 545 g/mol. The quantitative estimate of drug-likeness (QED) is 0.445. The maximum atomic E-state index is 13.1. The maximum Gasteiger partial charge on any atom is 0.223 e. The molecule has 6 atom stereocenters. The van der Waals surface area contributed by atoms with E-state index < -0.39 is 6.10 Å². The van der Waals surface area contributed by atoms with Crippen LogP contribution < -0.4 is 10.2 Å². The number of morpholine rings is 1. The summed E-state index contributed by atoms with van der Waals surface area (Å²) in [7, 11) is 0. The topological polar surface area (TPSA) is 75.9 Å². The van der Waals surface area contributed by atoms with E-state index in [0.717, 1.165) is 57.9 Å². The Balaban J connectivity index is 1.22. The zero-order chi connectivity index (χ0) is 26.0. The molecule has 0 spiro atoms. The number of aliphatic hydroxyl groups is 1. The van der Waals surface area contributed by atoms with Crippen molar-refractivity contribution < 1.29 is 19.5 Å². The minimum Gasteiger partial charge on any atom is -0.392 e. The van der Waals surface area contributed by atoms with Gasteiger partial charge in [-0.1, -0.05) is 39.0 Å². The minimum absolute atomic E-state index is 0.00968. The van der Waals surface area contributed by atoms with Gasteiger partial charge in [-0.3, -0.25) is 4.79 Å². The van der Waals surface area contributed by atoms with E-state index in [1.54, 1.807) is 0 Å². The molecule has 2 heterocycles. The molecule has 3 N–H and O–H groups in total. The predicted octanol–water partition coefficient (Wildman–Crippen LogP) is 3.16. The van der Waals surface area contributed by atoms with Crippen LogP contribution in [0.1, 0.15) is 55.1 Å². The van der Waals surface area contributed by atoms with Gasteiger partial charge < -0.3 is 20.1 Å². The molecule has 1 aliphatic heterocycles. The van der Waals surface area contributed by atoms with Crippen LogP contribution in [0.2, 0.25) is 0 Å². The van der Waals surface area contributed by atoms with Gasteiger partial charge in [-0.25, -0.2) is 4.98 Å². The monoisotopic (exact) mass is 544 g/mol. The molecule has 2 aromatic rings. The van der Waals surface area contributed by atoms with Gasteiger partial charge in [0.15, 0.2) is 0 Å². The van der Waals surface area contributed by atoms with Crippen molar-refractivity contribution in [2.75, 3.05) is 39.4 Å². The number of nitrogens with zero attached hydrogens (tertiary/aromatic N) is 1. The molecule has 6 nitrogen and oxygen atoms in total. The second-order valence-electron chi connectivity index (χ2n) is 11.5. The second-order valence-corrected chi connectivity index (χ2v) is 13.8. The Morgan fingerprint density at radius 3 is 2.84 bits per heavy atom. The van der Waals surface area contributed by atoms with Crippen LogP contribution in [-0.4, -0.2) is 61.5 Å². The molecule has 8 heteroatoms. The summed E-state index contributed by atoms with van der Waals surface area (Å²) < 4.78 is 5.43. The molecular formula is C29H42N3O3S2+. The van der Waals surface area contributed by atoms with Crippen LogP contribution in [0.25, 0.3) is 0 Å². The fraction of sp³-hybridized carbons (Fsp3) is 0.655. The third-order valence-corrected chi connectivity index (χ3v) is 11.4. The minimum atomic E-state index is -0.489. The fourth-order valence-corrected chi connectivity index (χ4v) is 9.23. The summed E-state index contributed by atoms with van der Waals surface area (Å²) in [5, 5.41) is 16.0. The SMILES string of the molecule is C[C@H](C(=O)NCC[NH+]1CCOCC1)[C@@H]1CC[C@@]2(C)Cc3sc(CSc4ccccc4)nc3[C@@H](C)[C@@H]2[C@H]1O. The number of nitrogens with one attached hydrogen (secondary N) is 2. The molecule has 1 saturated heterocycles. The van der Waals surface area contributed by atoms with Crippen LogP contribution in [0, 0.1) is 23.2 Å². The van der Waals surface area contributed by atoms with Gasteiger partial charge in [-0.15, -0.1) is 23.1 Å². The Morgan fingerprint density at radius 1 is 1.32 bits per heavy atom. The number of aliphatic hydroxyl groups excluding tert-OH is 1. The van der Waals surface area contributed by atoms with Crippen molar-refractivity contribution in [2.24, 2.45) is 23.2 Å². The van der Waals surface area contributed by atoms with E-state index in [-0.39, 0.29) is 35.0 Å². The molecule has 1 saturated carbocycles. The number of amides is 1. The third kappa shape index (κ3) is 5.93. The summed E-state index contributed by atoms with van der Waals surface area (Å²) in [6, 6.07) is 10.5. The normalized spacial score (nSPS) is 30.8. The Hall–Kier alpha value is -1.45. The number of rotatable bonds is 8. The Bertz CT molecular complexity index is 1060. The predicted molar refractivity (Wildman–Crippen MR) is 149 cm³/mol. The molecule has 3 aliphatic rings. The Morgan fingerprint density at radius 2 is 2.08 bits per heavy atom. The molecule has 0 unspecified atom stereocenters. The van der Waals surface area contributed by atoms with Gasteiger partial charge in [0.05, 0.1) is 43.9 Å². The van der Waals surface area contributed by atoms with Crippen molar-refractivity contribution in [1.29, 1.82) is 0 Å². The van der Waals surface area contributed by atoms with Crippen molar-refractivity contribution in [3.8, 4) is 0 Å². The first-order valence-corrected chi connectivity index (χ1v) is 15.7. The summed E-state index contributed by atoms with van der Waals surface area (Å²) in [5.74, 6) is 1.08. The second kappa shape index (κ2) is 11.7. The maximum absolute atomic E-state index is 13.1. The largest absolute Gasteiger partial charge is 0.392 e. The summed E-state index contributed by atoms with van der Waals surface area (Å²) in [5.41, 5.74) is 1.23. The van der Waals surface area contributed by atoms with E-state index in [4.69, 9.17) is 9.72 Å². The zero-order valence-electron chi connectivity index (χ0n) is 22.4. The van der Waals surface area contributed by atoms with Gasteiger partial charge in [0, 0.05) is 21.6 Å². The number of ether oxygens (including phenoxy) is 1. The van der Waals surface area contributed by atoms with E-state index in [0.29, 0.717) is 6.54 Å². The highest BCUT2D eigenvalue weighted by atomic mass is 32.2. The molecule has 0 radical (unpaired) electrons. The standard InChI is InChI=1S/C29H41N3O3S2/c1-19(28(34)30-11-12-32-13-15-35-16-14-32)22-9-10-29(3)17-23-26(20(2)25(29)27(22)33)31-24(37-23)18-36-21-7-5-4-6-8-21/h4-8,19-20,22,25,27,33H,9-18H2,1-3H3,(H,30,34)/p+1/t19-,20-,22-,25+,27-,29-/m0/s1. The van der Waals surface area contributed by atoms with Gasteiger partial charge in [0.25, 0.3) is 0 Å². The highest BCUT2D eigenvalue weighted by Gasteiger charge is 2.53. The highest BCUT2D eigenvalue weighted by molar-refractivity contribution is 7.98. The zero-order valence-corrected chi connectivity index (χ0v) is 24.0. The lowest BCUT2D eigenvalue weighted by Gasteiger charge is -2.53. The van der Waals surface area contributed by atoms with Crippen LogP contribution in [0.4, 0.5) is 0 Å². The number of benzene rings is 1. The van der Waals surface area contributed by atoms with Gasteiger partial charge in [-0.05, 0) is 48.6 Å². The van der Waals surface area contributed by atoms with E-state index in [1.165, 1.54) is 25.4 Å². The average Bonchev–Trinajstić information content (AvgIpc) is 3.31. The molecule has 2 aliphatic carbocycles. The number of fused-ring (bicyclic) bond motifs is 2. The van der Waals surface area contributed by atoms with Crippen molar-refractivity contribution in [3.05, 3.63) is 45.9 Å². The van der Waals surface area contributed by atoms with E-state index in [9.17, 15) is 9.90 Å². The number of quaternary nitrogens is 1. The lowest BCUT2D eigenvalue weighted by molar-refractivity contribution is -0.906. The van der Waals surface area contributed by atoms with Crippen molar-refractivity contribution >= 4 is 29.0 Å². The number of thioether (sulfide) groups is 1. The first-order valence-electron chi connectivity index (χ1n) is 13.9. The van der Waals surface area contributed by atoms with Gasteiger partial charge in [0.2, 0.25) is 5.91 Å². The van der Waals surface area contributed by atoms with Crippen LogP contribution >= 0.6 is 23.1 Å². The highest BCUT2D eigenvalue weighted by Crippen LogP contribution is 2.57. The smallest absolute Gasteiger partial charge is 0.223 e. The number of carbonyl (C=O) groups excluding carboxylic acids is 1. The van der Waals surface area contributed by atoms with Gasteiger partial charge in [-0.2, -0.15) is 0 Å². The Labute approximate surface area is 229 Å². The number of carbonyl (C=O) groups is 1. The lowest BCUT2D eigenvalue weighted by Crippen LogP contribution is -3.14. The molecule has 1 aromatic heterocycles. The number of thiazole rings is 1. The third-order valence-electron chi connectivity index (χ3n) is 9.11. The summed E-state index contributed by atoms with van der Waals surface area (Å²) >= 11 is 3.69. The van der Waals surface area contributed by atoms with Crippen LogP contribution in [0.3, 0.4) is 0 Å². The van der Waals surface area contributed by atoms with Crippen molar-refractivity contribution in [2.45, 2.75) is 62.7 Å². The number of hydrogen-bond acceptors (Lipinski definition) is 6. The first kappa shape index (κ1) is 27.1. The van der Waals surface area contributed by atoms with Crippen molar-refractivity contribution in [1.82, 2.24) is 10.3 Å². The van der Waals surface area contributed by atoms with Crippen LogP contribution in [-0.2, 0) is 21.7 Å². The first-order chi connectivity index (χ1) is 17.9. The van der Waals surface area contributed by atoms with E-state index in [1.807, 2.05) is 36.1 Å². The molecular weight excluding hydrogens is 502 g/mol. The van der Waals surface area contributed by atoms with Crippen LogP contribution in [0.15, 0.2) is 35.2 Å². The molecule has 2 fully saturated rings. The Kier molecular flexibility index (Phi) is 8.61. The molecule has 0 bridgehead atoms. The molecule has 37 heavy (non-hydrogen) atoms. The molecule has 1 amide bonds. The van der Waals surface area contributed by atoms with Gasteiger partial charge >= 0.3 is 0 Å². The lowest BCUT2D eigenvalue weighted by atomic mass is 9.53. The van der Waals surface area contributed by atoms with Gasteiger partial charge in [0.1, 0.15) is 18.1 Å². The molecule has 1 aromatic carbocycles.